The van der Waals surface area contributed by atoms with Crippen molar-refractivity contribution in [2.75, 3.05) is 0 Å². The smallest absolute Gasteiger partial charge is 0.137 e. The van der Waals surface area contributed by atoms with Crippen LogP contribution in [0.5, 0.6) is 0 Å². The van der Waals surface area contributed by atoms with Crippen LogP contribution in [0, 0.1) is 11.8 Å². The highest BCUT2D eigenvalue weighted by Gasteiger charge is 2.35. The van der Waals surface area contributed by atoms with Crippen molar-refractivity contribution < 1.29 is 9.90 Å². The molecule has 3 atom stereocenters. The van der Waals surface area contributed by atoms with E-state index in [-0.39, 0.29) is 6.10 Å². The van der Waals surface area contributed by atoms with E-state index in [9.17, 15) is 9.90 Å². The highest BCUT2D eigenvalue weighted by Crippen LogP contribution is 2.44. The number of ketones is 1. The third-order valence-corrected chi connectivity index (χ3v) is 5.08. The lowest BCUT2D eigenvalue weighted by atomic mass is 9.72. The Bertz CT molecular complexity index is 356. The summed E-state index contributed by atoms with van der Waals surface area (Å²) in [6.07, 6.45) is 9.37. The molecule has 0 aromatic carbocycles. The van der Waals surface area contributed by atoms with Gasteiger partial charge in [-0.05, 0) is 50.4 Å². The normalized spacial score (nSPS) is 38.4. The molecule has 0 saturated heterocycles. The number of aliphatic hydroxyl groups is 1. The van der Waals surface area contributed by atoms with Crippen LogP contribution in [0.4, 0.5) is 0 Å². The fraction of sp³-hybridized carbons (Fsp3) is 0.800. The average molecular weight is 234 g/mol. The molecular weight excluding hydrogens is 212 g/mol. The molecule has 3 aliphatic rings. The molecule has 0 heterocycles. The minimum Gasteiger partial charge on any atom is -0.393 e. The summed E-state index contributed by atoms with van der Waals surface area (Å²) in [7, 11) is 0. The van der Waals surface area contributed by atoms with E-state index in [0.717, 1.165) is 32.1 Å². The molecule has 1 fully saturated rings. The Labute approximate surface area is 103 Å². The van der Waals surface area contributed by atoms with Crippen LogP contribution < -0.4 is 0 Å². The Morgan fingerprint density at radius 1 is 1.00 bits per heavy atom. The predicted octanol–water partition coefficient (Wildman–Crippen LogP) is 3.00. The number of rotatable bonds is 1. The van der Waals surface area contributed by atoms with Gasteiger partial charge in [0.05, 0.1) is 6.10 Å². The van der Waals surface area contributed by atoms with E-state index in [1.165, 1.54) is 31.3 Å². The Hall–Kier alpha value is -0.630. The molecule has 0 radical (unpaired) electrons. The molecule has 0 aliphatic heterocycles. The molecule has 2 nitrogen and oxygen atoms in total. The average Bonchev–Trinajstić information content (AvgIpc) is 2.75. The summed E-state index contributed by atoms with van der Waals surface area (Å²) in [4.78, 5) is 11.4. The van der Waals surface area contributed by atoms with Crippen molar-refractivity contribution >= 4 is 5.78 Å². The van der Waals surface area contributed by atoms with Gasteiger partial charge in [-0.3, -0.25) is 4.79 Å². The summed E-state index contributed by atoms with van der Waals surface area (Å²) in [5.41, 5.74) is 3.02. The first-order valence-electron chi connectivity index (χ1n) is 7.13. The molecule has 1 saturated carbocycles. The van der Waals surface area contributed by atoms with Crippen molar-refractivity contribution in [3.63, 3.8) is 0 Å². The molecule has 0 spiro atoms. The molecule has 1 N–H and O–H groups in total. The van der Waals surface area contributed by atoms with E-state index in [2.05, 4.69) is 0 Å². The molecule has 0 aromatic heterocycles. The second kappa shape index (κ2) is 4.56. The molecule has 3 rings (SSSR count). The number of carbonyl (C=O) groups excluding carboxylic acids is 1. The maximum atomic E-state index is 11.4. The molecule has 0 bridgehead atoms. The zero-order chi connectivity index (χ0) is 11.8. The first-order valence-corrected chi connectivity index (χ1v) is 7.13. The Morgan fingerprint density at radius 3 is 2.65 bits per heavy atom. The van der Waals surface area contributed by atoms with Gasteiger partial charge >= 0.3 is 0 Å². The van der Waals surface area contributed by atoms with Gasteiger partial charge in [0, 0.05) is 12.8 Å². The monoisotopic (exact) mass is 234 g/mol. The lowest BCUT2D eigenvalue weighted by molar-refractivity contribution is -0.118. The van der Waals surface area contributed by atoms with Gasteiger partial charge in [-0.25, -0.2) is 0 Å². The predicted molar refractivity (Wildman–Crippen MR) is 66.6 cm³/mol. The molecule has 0 amide bonds. The van der Waals surface area contributed by atoms with E-state index in [0.29, 0.717) is 17.6 Å². The Balaban J connectivity index is 1.70. The van der Waals surface area contributed by atoms with Gasteiger partial charge in [0.15, 0.2) is 0 Å². The SMILES string of the molecule is O=C1CCC2=C(CC[C@H]([C@@H]3CCC[C@H]3O)C2)C1. The highest BCUT2D eigenvalue weighted by atomic mass is 16.3. The van der Waals surface area contributed by atoms with Crippen LogP contribution >= 0.6 is 0 Å². The molecule has 0 aromatic rings. The van der Waals surface area contributed by atoms with Crippen LogP contribution in [0.15, 0.2) is 11.1 Å². The van der Waals surface area contributed by atoms with Gasteiger partial charge < -0.3 is 5.11 Å². The molecule has 94 valence electrons. The number of Topliss-reactive ketones (excluding diaryl/α,β-unsaturated/α-hetero) is 1. The maximum absolute atomic E-state index is 11.4. The van der Waals surface area contributed by atoms with E-state index in [1.807, 2.05) is 0 Å². The first kappa shape index (κ1) is 11.5. The van der Waals surface area contributed by atoms with Gasteiger partial charge in [0.1, 0.15) is 5.78 Å². The van der Waals surface area contributed by atoms with Gasteiger partial charge in [-0.2, -0.15) is 0 Å². The molecule has 2 heteroatoms. The van der Waals surface area contributed by atoms with Gasteiger partial charge in [0.25, 0.3) is 0 Å². The second-order valence-corrected chi connectivity index (χ2v) is 6.09. The highest BCUT2D eigenvalue weighted by molar-refractivity contribution is 5.82. The Kier molecular flexibility index (Phi) is 3.08. The summed E-state index contributed by atoms with van der Waals surface area (Å²) in [6, 6.07) is 0. The summed E-state index contributed by atoms with van der Waals surface area (Å²) < 4.78 is 0. The maximum Gasteiger partial charge on any atom is 0.137 e. The third-order valence-electron chi connectivity index (χ3n) is 5.08. The second-order valence-electron chi connectivity index (χ2n) is 6.09. The van der Waals surface area contributed by atoms with Crippen molar-refractivity contribution in [2.24, 2.45) is 11.8 Å². The molecule has 17 heavy (non-hydrogen) atoms. The fourth-order valence-electron chi connectivity index (χ4n) is 4.09. The summed E-state index contributed by atoms with van der Waals surface area (Å²) in [5, 5.41) is 10.0. The quantitative estimate of drug-likeness (QED) is 0.708. The van der Waals surface area contributed by atoms with Crippen molar-refractivity contribution in [2.45, 2.75) is 63.9 Å². The van der Waals surface area contributed by atoms with E-state index >= 15 is 0 Å². The summed E-state index contributed by atoms with van der Waals surface area (Å²) in [5.74, 6) is 1.67. The lowest BCUT2D eigenvalue weighted by Crippen LogP contribution is -2.27. The van der Waals surface area contributed by atoms with Gasteiger partial charge in [-0.1, -0.05) is 17.6 Å². The number of carbonyl (C=O) groups is 1. The van der Waals surface area contributed by atoms with Crippen LogP contribution in [0.2, 0.25) is 0 Å². The number of aliphatic hydroxyl groups excluding tert-OH is 1. The number of hydrogen-bond acceptors (Lipinski definition) is 2. The van der Waals surface area contributed by atoms with Crippen molar-refractivity contribution in [3.05, 3.63) is 11.1 Å². The first-order chi connectivity index (χ1) is 8.24. The minimum absolute atomic E-state index is 0.0487. The van der Waals surface area contributed by atoms with E-state index in [4.69, 9.17) is 0 Å². The minimum atomic E-state index is -0.0487. The fourth-order valence-corrected chi connectivity index (χ4v) is 4.09. The number of allylic oxidation sites excluding steroid dienone is 2. The van der Waals surface area contributed by atoms with Crippen LogP contribution in [0.3, 0.4) is 0 Å². The zero-order valence-corrected chi connectivity index (χ0v) is 10.5. The van der Waals surface area contributed by atoms with Gasteiger partial charge in [-0.15, -0.1) is 0 Å². The van der Waals surface area contributed by atoms with E-state index in [1.54, 1.807) is 5.57 Å². The summed E-state index contributed by atoms with van der Waals surface area (Å²) >= 11 is 0. The van der Waals surface area contributed by atoms with Crippen LogP contribution in [-0.4, -0.2) is 17.0 Å². The van der Waals surface area contributed by atoms with Crippen LogP contribution in [0.25, 0.3) is 0 Å². The molecule has 3 aliphatic carbocycles. The van der Waals surface area contributed by atoms with Crippen LogP contribution in [-0.2, 0) is 4.79 Å². The molecule has 0 unspecified atom stereocenters. The van der Waals surface area contributed by atoms with Crippen LogP contribution in [0.1, 0.15) is 57.8 Å². The van der Waals surface area contributed by atoms with Crippen molar-refractivity contribution in [1.82, 2.24) is 0 Å². The number of hydrogen-bond donors (Lipinski definition) is 1. The molecular formula is C15H22O2. The summed E-state index contributed by atoms with van der Waals surface area (Å²) in [6.45, 7) is 0. The van der Waals surface area contributed by atoms with Crippen molar-refractivity contribution in [1.29, 1.82) is 0 Å². The largest absolute Gasteiger partial charge is 0.393 e. The lowest BCUT2D eigenvalue weighted by Gasteiger charge is -2.34. The van der Waals surface area contributed by atoms with Gasteiger partial charge in [0.2, 0.25) is 0 Å². The third kappa shape index (κ3) is 2.20. The standard InChI is InChI=1S/C15H22O2/c16-13-7-6-10-8-12(5-4-11(10)9-13)14-2-1-3-15(14)17/h12,14-15,17H,1-9H2/t12-,14-,15+/m0/s1. The Morgan fingerprint density at radius 2 is 1.88 bits per heavy atom. The van der Waals surface area contributed by atoms with E-state index < -0.39 is 0 Å². The topological polar surface area (TPSA) is 37.3 Å². The van der Waals surface area contributed by atoms with Crippen molar-refractivity contribution in [3.8, 4) is 0 Å². The zero-order valence-electron chi connectivity index (χ0n) is 10.5.